The minimum atomic E-state index is -3.51. The fourth-order valence-electron chi connectivity index (χ4n) is 2.85. The van der Waals surface area contributed by atoms with E-state index in [9.17, 15) is 8.42 Å². The number of nitrogen functional groups attached to an aromatic ring is 1. The van der Waals surface area contributed by atoms with E-state index in [0.717, 1.165) is 25.9 Å². The number of hydrogen-bond donors (Lipinski definition) is 2. The van der Waals surface area contributed by atoms with Crippen molar-refractivity contribution in [2.75, 3.05) is 31.6 Å². The van der Waals surface area contributed by atoms with Gasteiger partial charge in [-0.25, -0.2) is 24.2 Å². The average Bonchev–Trinajstić information content (AvgIpc) is 2.94. The van der Waals surface area contributed by atoms with Crippen LogP contribution in [0.2, 0.25) is 0 Å². The molecule has 3 heterocycles. The molecule has 2 fully saturated rings. The third kappa shape index (κ3) is 2.37. The van der Waals surface area contributed by atoms with Crippen LogP contribution in [-0.2, 0) is 10.0 Å². The lowest BCUT2D eigenvalue weighted by Gasteiger charge is -2.36. The van der Waals surface area contributed by atoms with Crippen LogP contribution < -0.4 is 11.3 Å². The molecule has 1 aromatic heterocycles. The molecule has 0 aromatic carbocycles. The smallest absolute Gasteiger partial charge is 0.246 e. The second-order valence-electron chi connectivity index (χ2n) is 5.08. The summed E-state index contributed by atoms with van der Waals surface area (Å²) >= 11 is 0. The Morgan fingerprint density at radius 3 is 2.70 bits per heavy atom. The van der Waals surface area contributed by atoms with Gasteiger partial charge >= 0.3 is 0 Å². The Labute approximate surface area is 118 Å². The largest absolute Gasteiger partial charge is 0.298 e. The first-order valence-electron chi connectivity index (χ1n) is 6.64. The van der Waals surface area contributed by atoms with Gasteiger partial charge in [0, 0.05) is 25.7 Å². The van der Waals surface area contributed by atoms with E-state index in [1.54, 1.807) is 0 Å². The van der Waals surface area contributed by atoms with Crippen molar-refractivity contribution < 1.29 is 8.42 Å². The highest BCUT2D eigenvalue weighted by Crippen LogP contribution is 2.25. The first kappa shape index (κ1) is 13.7. The van der Waals surface area contributed by atoms with Crippen molar-refractivity contribution >= 4 is 16.0 Å². The Hall–Kier alpha value is -1.29. The van der Waals surface area contributed by atoms with Crippen LogP contribution in [0.1, 0.15) is 12.8 Å². The summed E-state index contributed by atoms with van der Waals surface area (Å²) in [5.41, 5.74) is 2.28. The maximum Gasteiger partial charge on any atom is 0.246 e. The van der Waals surface area contributed by atoms with Gasteiger partial charge in [-0.05, 0) is 19.4 Å². The highest BCUT2D eigenvalue weighted by molar-refractivity contribution is 7.89. The molecule has 1 unspecified atom stereocenters. The molecule has 0 aliphatic carbocycles. The summed E-state index contributed by atoms with van der Waals surface area (Å²) < 4.78 is 26.6. The molecule has 0 spiro atoms. The Bertz CT molecular complexity index is 575. The Morgan fingerprint density at radius 1 is 1.25 bits per heavy atom. The summed E-state index contributed by atoms with van der Waals surface area (Å²) in [6.07, 6.45) is 4.80. The van der Waals surface area contributed by atoms with Gasteiger partial charge in [0.15, 0.2) is 0 Å². The van der Waals surface area contributed by atoms with Crippen LogP contribution in [0.4, 0.5) is 5.95 Å². The molecule has 1 aromatic rings. The third-order valence-corrected chi connectivity index (χ3v) is 5.76. The monoisotopic (exact) mass is 298 g/mol. The van der Waals surface area contributed by atoms with Crippen molar-refractivity contribution in [1.29, 1.82) is 0 Å². The van der Waals surface area contributed by atoms with Crippen LogP contribution >= 0.6 is 0 Å². The Morgan fingerprint density at radius 2 is 2.00 bits per heavy atom. The summed E-state index contributed by atoms with van der Waals surface area (Å²) in [7, 11) is -3.51. The SMILES string of the molecule is NNc1ncc(S(=O)(=O)N2CCN3CCCC3C2)cn1. The molecule has 2 aliphatic heterocycles. The highest BCUT2D eigenvalue weighted by atomic mass is 32.2. The van der Waals surface area contributed by atoms with Crippen LogP contribution in [0.3, 0.4) is 0 Å². The van der Waals surface area contributed by atoms with Crippen molar-refractivity contribution in [3.63, 3.8) is 0 Å². The summed E-state index contributed by atoms with van der Waals surface area (Å²) in [6, 6.07) is 0.351. The topological polar surface area (TPSA) is 104 Å². The molecule has 110 valence electrons. The molecule has 0 bridgehead atoms. The minimum Gasteiger partial charge on any atom is -0.298 e. The zero-order valence-electron chi connectivity index (χ0n) is 11.1. The quantitative estimate of drug-likeness (QED) is 0.558. The second-order valence-corrected chi connectivity index (χ2v) is 7.02. The molecule has 2 aliphatic rings. The van der Waals surface area contributed by atoms with E-state index in [1.165, 1.54) is 16.7 Å². The van der Waals surface area contributed by atoms with Crippen LogP contribution in [0.5, 0.6) is 0 Å². The van der Waals surface area contributed by atoms with Crippen LogP contribution in [0.15, 0.2) is 17.3 Å². The van der Waals surface area contributed by atoms with Crippen LogP contribution in [-0.4, -0.2) is 59.8 Å². The number of hydrogen-bond acceptors (Lipinski definition) is 7. The number of fused-ring (bicyclic) bond motifs is 1. The first-order chi connectivity index (χ1) is 9.61. The van der Waals surface area contributed by atoms with Gasteiger partial charge in [0.2, 0.25) is 16.0 Å². The van der Waals surface area contributed by atoms with E-state index in [-0.39, 0.29) is 10.8 Å². The van der Waals surface area contributed by atoms with Gasteiger partial charge in [-0.1, -0.05) is 0 Å². The van der Waals surface area contributed by atoms with Gasteiger partial charge in [-0.3, -0.25) is 10.3 Å². The molecule has 0 saturated carbocycles. The van der Waals surface area contributed by atoms with Crippen molar-refractivity contribution in [2.24, 2.45) is 5.84 Å². The zero-order chi connectivity index (χ0) is 14.2. The normalized spacial score (nSPS) is 24.6. The minimum absolute atomic E-state index is 0.114. The van der Waals surface area contributed by atoms with Gasteiger partial charge in [-0.15, -0.1) is 0 Å². The van der Waals surface area contributed by atoms with Crippen molar-refractivity contribution in [3.05, 3.63) is 12.4 Å². The number of nitrogens with one attached hydrogen (secondary N) is 1. The summed E-state index contributed by atoms with van der Waals surface area (Å²) in [5, 5.41) is 0. The first-order valence-corrected chi connectivity index (χ1v) is 8.08. The molecule has 20 heavy (non-hydrogen) atoms. The predicted octanol–water partition coefficient (Wildman–Crippen LogP) is -0.769. The van der Waals surface area contributed by atoms with Gasteiger partial charge < -0.3 is 0 Å². The lowest BCUT2D eigenvalue weighted by atomic mass is 10.2. The van der Waals surface area contributed by atoms with E-state index in [1.807, 2.05) is 0 Å². The zero-order valence-corrected chi connectivity index (χ0v) is 11.9. The molecule has 0 radical (unpaired) electrons. The molecular formula is C11H18N6O2S. The van der Waals surface area contributed by atoms with Gasteiger partial charge in [0.1, 0.15) is 4.90 Å². The van der Waals surface area contributed by atoms with Gasteiger partial charge in [0.25, 0.3) is 0 Å². The molecular weight excluding hydrogens is 280 g/mol. The lowest BCUT2D eigenvalue weighted by molar-refractivity contribution is 0.158. The number of aromatic nitrogens is 2. The third-order valence-electron chi connectivity index (χ3n) is 3.95. The van der Waals surface area contributed by atoms with Crippen molar-refractivity contribution in [2.45, 2.75) is 23.8 Å². The van der Waals surface area contributed by atoms with Crippen molar-refractivity contribution in [3.8, 4) is 0 Å². The predicted molar refractivity (Wildman–Crippen MR) is 73.2 cm³/mol. The van der Waals surface area contributed by atoms with Gasteiger partial charge in [0.05, 0.1) is 12.4 Å². The summed E-state index contributed by atoms with van der Waals surface area (Å²) in [4.78, 5) is 10.2. The molecule has 0 amide bonds. The Kier molecular flexibility index (Phi) is 3.59. The van der Waals surface area contributed by atoms with Gasteiger partial charge in [-0.2, -0.15) is 4.31 Å². The molecule has 3 rings (SSSR count). The number of sulfonamides is 1. The fraction of sp³-hybridized carbons (Fsp3) is 0.636. The molecule has 1 atom stereocenters. The van der Waals surface area contributed by atoms with E-state index >= 15 is 0 Å². The maximum atomic E-state index is 12.6. The molecule has 2 saturated heterocycles. The molecule has 8 nitrogen and oxygen atoms in total. The van der Waals surface area contributed by atoms with E-state index in [4.69, 9.17) is 5.84 Å². The number of nitrogens with zero attached hydrogens (tertiary/aromatic N) is 4. The fourth-order valence-corrected chi connectivity index (χ4v) is 4.21. The number of nitrogens with two attached hydrogens (primary N) is 1. The Balaban J connectivity index is 1.80. The summed E-state index contributed by atoms with van der Waals surface area (Å²) in [5.74, 6) is 5.37. The number of rotatable bonds is 3. The summed E-state index contributed by atoms with van der Waals surface area (Å²) in [6.45, 7) is 2.96. The van der Waals surface area contributed by atoms with Crippen LogP contribution in [0, 0.1) is 0 Å². The average molecular weight is 298 g/mol. The van der Waals surface area contributed by atoms with E-state index in [2.05, 4.69) is 20.3 Å². The van der Waals surface area contributed by atoms with Crippen LogP contribution in [0.25, 0.3) is 0 Å². The number of anilines is 1. The van der Waals surface area contributed by atoms with E-state index in [0.29, 0.717) is 19.1 Å². The lowest BCUT2D eigenvalue weighted by Crippen LogP contribution is -2.51. The number of hydrazine groups is 1. The van der Waals surface area contributed by atoms with E-state index < -0.39 is 10.0 Å². The molecule has 9 heteroatoms. The van der Waals surface area contributed by atoms with Crippen molar-refractivity contribution in [1.82, 2.24) is 19.2 Å². The second kappa shape index (κ2) is 5.24. The highest BCUT2D eigenvalue weighted by Gasteiger charge is 2.36. The molecule has 3 N–H and O–H groups in total. The number of piperazine rings is 1. The standard InChI is InChI=1S/C11H18N6O2S/c12-15-11-13-6-10(7-14-11)20(18,19)17-5-4-16-3-1-2-9(16)8-17/h6-7,9H,1-5,8,12H2,(H,13,14,15). The maximum absolute atomic E-state index is 12.6.